The number of rotatable bonds is 3. The van der Waals surface area contributed by atoms with E-state index in [2.05, 4.69) is 15.9 Å². The molecule has 18 heavy (non-hydrogen) atoms. The molecule has 98 valence electrons. The maximum Gasteiger partial charge on any atom is 0.309 e. The zero-order valence-corrected chi connectivity index (χ0v) is 12.1. The molecule has 0 fully saturated rings. The van der Waals surface area contributed by atoms with Gasteiger partial charge in [0.1, 0.15) is 0 Å². The second-order valence-electron chi connectivity index (χ2n) is 5.07. The normalized spacial score (nSPS) is 13.8. The molecular formula is C13H15BrO4. The Hall–Kier alpha value is -1.23. The van der Waals surface area contributed by atoms with Crippen LogP contribution < -0.4 is 9.47 Å². The number of carbonyl (C=O) groups is 1. The number of hydrogen-bond donors (Lipinski definition) is 1. The van der Waals surface area contributed by atoms with Crippen LogP contribution in [0.4, 0.5) is 0 Å². The van der Waals surface area contributed by atoms with Gasteiger partial charge in [0.2, 0.25) is 6.79 Å². The first-order valence-corrected chi connectivity index (χ1v) is 6.43. The molecule has 1 aliphatic rings. The molecule has 0 atom stereocenters. The first-order chi connectivity index (χ1) is 8.33. The lowest BCUT2D eigenvalue weighted by molar-refractivity contribution is -0.146. The van der Waals surface area contributed by atoms with Gasteiger partial charge in [0.15, 0.2) is 11.5 Å². The van der Waals surface area contributed by atoms with E-state index in [0.717, 1.165) is 15.6 Å². The number of carboxylic acids is 1. The first-order valence-electron chi connectivity index (χ1n) is 5.64. The molecule has 5 heteroatoms. The van der Waals surface area contributed by atoms with E-state index < -0.39 is 11.4 Å². The minimum absolute atomic E-state index is 0.207. The van der Waals surface area contributed by atoms with E-state index in [1.165, 1.54) is 0 Å². The monoisotopic (exact) mass is 314 g/mol. The van der Waals surface area contributed by atoms with Gasteiger partial charge < -0.3 is 14.6 Å². The van der Waals surface area contributed by atoms with E-state index in [4.69, 9.17) is 9.47 Å². The highest BCUT2D eigenvalue weighted by atomic mass is 79.9. The van der Waals surface area contributed by atoms with Gasteiger partial charge in [-0.05, 0) is 60.3 Å². The van der Waals surface area contributed by atoms with Crippen LogP contribution in [0, 0.1) is 12.3 Å². The zero-order chi connectivity index (χ0) is 13.5. The first kappa shape index (κ1) is 13.2. The lowest BCUT2D eigenvalue weighted by Gasteiger charge is -2.21. The number of benzene rings is 1. The third kappa shape index (κ3) is 2.19. The Morgan fingerprint density at radius 1 is 1.50 bits per heavy atom. The lowest BCUT2D eigenvalue weighted by atomic mass is 9.84. The number of aliphatic carboxylic acids is 1. The van der Waals surface area contributed by atoms with Gasteiger partial charge in [-0.2, -0.15) is 0 Å². The van der Waals surface area contributed by atoms with Crippen LogP contribution in [0.3, 0.4) is 0 Å². The molecule has 2 rings (SSSR count). The van der Waals surface area contributed by atoms with E-state index in [9.17, 15) is 9.90 Å². The molecule has 0 aromatic heterocycles. The summed E-state index contributed by atoms with van der Waals surface area (Å²) >= 11 is 3.47. The maximum atomic E-state index is 11.2. The number of halogens is 1. The van der Waals surface area contributed by atoms with Crippen LogP contribution in [-0.2, 0) is 11.2 Å². The van der Waals surface area contributed by atoms with E-state index in [1.807, 2.05) is 13.0 Å². The number of hydrogen-bond acceptors (Lipinski definition) is 3. The summed E-state index contributed by atoms with van der Waals surface area (Å²) in [4.78, 5) is 11.2. The number of ether oxygens (including phenoxy) is 2. The van der Waals surface area contributed by atoms with Crippen LogP contribution in [-0.4, -0.2) is 17.9 Å². The predicted octanol–water partition coefficient (Wildman–Crippen LogP) is 3.14. The van der Waals surface area contributed by atoms with E-state index in [1.54, 1.807) is 13.8 Å². The molecule has 0 spiro atoms. The summed E-state index contributed by atoms with van der Waals surface area (Å²) in [5, 5.41) is 9.19. The van der Waals surface area contributed by atoms with Crippen molar-refractivity contribution in [1.29, 1.82) is 0 Å². The predicted molar refractivity (Wildman–Crippen MR) is 70.1 cm³/mol. The van der Waals surface area contributed by atoms with Crippen LogP contribution in [0.1, 0.15) is 25.0 Å². The molecule has 0 bridgehead atoms. The van der Waals surface area contributed by atoms with Gasteiger partial charge in [0.05, 0.1) is 9.89 Å². The van der Waals surface area contributed by atoms with Crippen LogP contribution in [0.2, 0.25) is 0 Å². The molecule has 1 N–H and O–H groups in total. The highest BCUT2D eigenvalue weighted by molar-refractivity contribution is 9.10. The summed E-state index contributed by atoms with van der Waals surface area (Å²) in [6.07, 6.45) is 0.448. The second kappa shape index (κ2) is 4.46. The van der Waals surface area contributed by atoms with Gasteiger partial charge in [0.25, 0.3) is 0 Å². The van der Waals surface area contributed by atoms with Gasteiger partial charge in [-0.1, -0.05) is 0 Å². The van der Waals surface area contributed by atoms with Gasteiger partial charge in [-0.25, -0.2) is 0 Å². The highest BCUT2D eigenvalue weighted by Crippen LogP contribution is 2.43. The molecule has 1 heterocycles. The lowest BCUT2D eigenvalue weighted by Crippen LogP contribution is -2.26. The summed E-state index contributed by atoms with van der Waals surface area (Å²) in [5.41, 5.74) is 1.14. The van der Waals surface area contributed by atoms with Gasteiger partial charge >= 0.3 is 5.97 Å². The van der Waals surface area contributed by atoms with Crippen molar-refractivity contribution in [2.24, 2.45) is 5.41 Å². The van der Waals surface area contributed by atoms with E-state index >= 15 is 0 Å². The smallest absolute Gasteiger partial charge is 0.309 e. The zero-order valence-electron chi connectivity index (χ0n) is 10.5. The molecule has 0 aliphatic carbocycles. The average Bonchev–Trinajstić information content (AvgIpc) is 2.73. The van der Waals surface area contributed by atoms with Crippen molar-refractivity contribution >= 4 is 21.9 Å². The van der Waals surface area contributed by atoms with Crippen LogP contribution in [0.5, 0.6) is 11.5 Å². The van der Waals surface area contributed by atoms with Crippen molar-refractivity contribution in [3.05, 3.63) is 21.7 Å². The molecule has 0 radical (unpaired) electrons. The maximum absolute atomic E-state index is 11.2. The number of fused-ring (bicyclic) bond motifs is 1. The minimum atomic E-state index is -0.810. The Kier molecular flexibility index (Phi) is 3.27. The average molecular weight is 315 g/mol. The Labute approximate surface area is 114 Å². The molecule has 1 aromatic carbocycles. The van der Waals surface area contributed by atoms with Gasteiger partial charge in [-0.3, -0.25) is 4.79 Å². The Balaban J connectivity index is 2.41. The largest absolute Gasteiger partial charge is 0.481 e. The van der Waals surface area contributed by atoms with E-state index in [-0.39, 0.29) is 6.79 Å². The molecular weight excluding hydrogens is 300 g/mol. The molecule has 1 aromatic rings. The third-order valence-corrected chi connectivity index (χ3v) is 4.12. The van der Waals surface area contributed by atoms with Crippen LogP contribution >= 0.6 is 15.9 Å². The van der Waals surface area contributed by atoms with Crippen molar-refractivity contribution in [1.82, 2.24) is 0 Å². The van der Waals surface area contributed by atoms with Crippen molar-refractivity contribution in [2.75, 3.05) is 6.79 Å². The summed E-state index contributed by atoms with van der Waals surface area (Å²) < 4.78 is 11.5. The minimum Gasteiger partial charge on any atom is -0.481 e. The van der Waals surface area contributed by atoms with Gasteiger partial charge in [0, 0.05) is 0 Å². The summed E-state index contributed by atoms with van der Waals surface area (Å²) in [5.74, 6) is 0.559. The van der Waals surface area contributed by atoms with E-state index in [0.29, 0.717) is 17.9 Å². The SMILES string of the molecule is Cc1c(CC(C)(C)C(=O)O)cc2c(c1Br)OCO2. The fourth-order valence-electron chi connectivity index (χ4n) is 1.88. The molecule has 4 nitrogen and oxygen atoms in total. The molecule has 1 aliphatic heterocycles. The van der Waals surface area contributed by atoms with Gasteiger partial charge in [-0.15, -0.1) is 0 Å². The van der Waals surface area contributed by atoms with Crippen molar-refractivity contribution in [2.45, 2.75) is 27.2 Å². The fourth-order valence-corrected chi connectivity index (χ4v) is 2.44. The molecule has 0 saturated heterocycles. The molecule has 0 saturated carbocycles. The standard InChI is InChI=1S/C13H15BrO4/c1-7-8(5-13(2,3)12(15)16)4-9-11(10(7)14)18-6-17-9/h4H,5-6H2,1-3H3,(H,15,16). The summed E-state index contributed by atoms with van der Waals surface area (Å²) in [6.45, 7) is 5.58. The van der Waals surface area contributed by atoms with Crippen molar-refractivity contribution in [3.8, 4) is 11.5 Å². The Morgan fingerprint density at radius 2 is 2.17 bits per heavy atom. The second-order valence-corrected chi connectivity index (χ2v) is 5.87. The van der Waals surface area contributed by atoms with Crippen molar-refractivity contribution in [3.63, 3.8) is 0 Å². The van der Waals surface area contributed by atoms with Crippen molar-refractivity contribution < 1.29 is 19.4 Å². The van der Waals surface area contributed by atoms with Crippen LogP contribution in [0.25, 0.3) is 0 Å². The summed E-state index contributed by atoms with van der Waals surface area (Å²) in [7, 11) is 0. The fraction of sp³-hybridized carbons (Fsp3) is 0.462. The Morgan fingerprint density at radius 3 is 2.78 bits per heavy atom. The molecule has 0 unspecified atom stereocenters. The summed E-state index contributed by atoms with van der Waals surface area (Å²) in [6, 6.07) is 1.87. The molecule has 0 amide bonds. The third-order valence-electron chi connectivity index (χ3n) is 3.17. The Bertz CT molecular complexity index is 508. The highest BCUT2D eigenvalue weighted by Gasteiger charge is 2.30. The number of carboxylic acid groups (broad SMARTS) is 1. The topological polar surface area (TPSA) is 55.8 Å². The van der Waals surface area contributed by atoms with Crippen LogP contribution in [0.15, 0.2) is 10.5 Å². The quantitative estimate of drug-likeness (QED) is 0.931.